The number of nitrogens with one attached hydrogen (secondary N) is 1. The van der Waals surface area contributed by atoms with Gasteiger partial charge in [0.05, 0.1) is 0 Å². The van der Waals surface area contributed by atoms with Crippen molar-refractivity contribution in [3.8, 4) is 33.4 Å². The van der Waals surface area contributed by atoms with E-state index in [1.165, 1.54) is 34.0 Å². The van der Waals surface area contributed by atoms with E-state index in [4.69, 9.17) is 11.1 Å². The molecule has 0 bridgehead atoms. The minimum Gasteiger partial charge on any atom is -0.398 e. The molecule has 152 valence electrons. The minimum absolute atomic E-state index is 0.000434. The Hall–Kier alpha value is -3.65. The monoisotopic (exact) mass is 402 g/mol. The molecule has 4 aromatic carbocycles. The summed E-state index contributed by atoms with van der Waals surface area (Å²) in [6, 6.07) is 30.1. The SMILES string of the molecule is CC1(C)c2ccccc2-c2cc(-c3ccc(CC=N)c(N)c3-c3ccccc3)ccc21. The normalized spacial score (nSPS) is 13.5. The van der Waals surface area contributed by atoms with Gasteiger partial charge in [0.1, 0.15) is 0 Å². The fraction of sp³-hybridized carbons (Fsp3) is 0.138. The Morgan fingerprint density at radius 1 is 0.742 bits per heavy atom. The molecular formula is C29H26N2. The standard InChI is InChI=1S/C29H26N2/c1-29(2)25-11-7-6-10-23(25)24-18-21(13-15-26(24)29)22-14-12-20(16-17-30)28(31)27(22)19-8-4-3-5-9-19/h3-15,17-18,30H,16,31H2,1-2H3. The van der Waals surface area contributed by atoms with Crippen molar-refractivity contribution in [1.82, 2.24) is 0 Å². The molecule has 0 unspecified atom stereocenters. The van der Waals surface area contributed by atoms with Gasteiger partial charge in [-0.2, -0.15) is 0 Å². The van der Waals surface area contributed by atoms with Crippen LogP contribution in [0.2, 0.25) is 0 Å². The minimum atomic E-state index is -0.000434. The van der Waals surface area contributed by atoms with E-state index < -0.39 is 0 Å². The molecule has 0 spiro atoms. The topological polar surface area (TPSA) is 49.9 Å². The number of hydrogen-bond acceptors (Lipinski definition) is 2. The molecular weight excluding hydrogens is 376 g/mol. The van der Waals surface area contributed by atoms with Gasteiger partial charge in [-0.3, -0.25) is 0 Å². The number of rotatable bonds is 4. The second-order valence-corrected chi connectivity index (χ2v) is 8.77. The lowest BCUT2D eigenvalue weighted by Gasteiger charge is -2.22. The van der Waals surface area contributed by atoms with Gasteiger partial charge >= 0.3 is 0 Å². The van der Waals surface area contributed by atoms with E-state index in [-0.39, 0.29) is 5.41 Å². The Kier molecular flexibility index (Phi) is 4.51. The van der Waals surface area contributed by atoms with Crippen molar-refractivity contribution in [3.05, 3.63) is 102 Å². The van der Waals surface area contributed by atoms with Crippen LogP contribution in [-0.2, 0) is 11.8 Å². The first-order chi connectivity index (χ1) is 15.0. The number of nitrogen functional groups attached to an aromatic ring is 1. The summed E-state index contributed by atoms with van der Waals surface area (Å²) < 4.78 is 0. The Balaban J connectivity index is 1.75. The molecule has 31 heavy (non-hydrogen) atoms. The van der Waals surface area contributed by atoms with Gasteiger partial charge in [0.2, 0.25) is 0 Å². The van der Waals surface area contributed by atoms with Gasteiger partial charge < -0.3 is 11.1 Å². The third kappa shape index (κ3) is 2.98. The van der Waals surface area contributed by atoms with Gasteiger partial charge in [0.25, 0.3) is 0 Å². The molecule has 0 aliphatic heterocycles. The highest BCUT2D eigenvalue weighted by Gasteiger charge is 2.35. The molecule has 0 saturated heterocycles. The number of fused-ring (bicyclic) bond motifs is 3. The molecule has 0 saturated carbocycles. The van der Waals surface area contributed by atoms with E-state index in [9.17, 15) is 0 Å². The number of anilines is 1. The third-order valence-electron chi connectivity index (χ3n) is 6.61. The van der Waals surface area contributed by atoms with Crippen LogP contribution in [0.1, 0.15) is 30.5 Å². The van der Waals surface area contributed by atoms with Crippen molar-refractivity contribution >= 4 is 11.9 Å². The third-order valence-corrected chi connectivity index (χ3v) is 6.61. The maximum atomic E-state index is 7.54. The zero-order chi connectivity index (χ0) is 21.6. The maximum Gasteiger partial charge on any atom is 0.0436 e. The lowest BCUT2D eigenvalue weighted by Crippen LogP contribution is -2.14. The van der Waals surface area contributed by atoms with Crippen LogP contribution < -0.4 is 5.73 Å². The van der Waals surface area contributed by atoms with Gasteiger partial charge in [0.15, 0.2) is 0 Å². The van der Waals surface area contributed by atoms with Gasteiger partial charge in [-0.25, -0.2) is 0 Å². The van der Waals surface area contributed by atoms with Crippen LogP contribution in [0.4, 0.5) is 5.69 Å². The molecule has 0 heterocycles. The fourth-order valence-corrected chi connectivity index (χ4v) is 4.99. The van der Waals surface area contributed by atoms with E-state index in [1.807, 2.05) is 18.2 Å². The van der Waals surface area contributed by atoms with Gasteiger partial charge in [-0.15, -0.1) is 0 Å². The molecule has 1 aliphatic rings. The van der Waals surface area contributed by atoms with Gasteiger partial charge in [-0.1, -0.05) is 92.7 Å². The quantitative estimate of drug-likeness (QED) is 0.277. The van der Waals surface area contributed by atoms with Crippen molar-refractivity contribution < 1.29 is 0 Å². The summed E-state index contributed by atoms with van der Waals surface area (Å²) in [6.07, 6.45) is 1.95. The van der Waals surface area contributed by atoms with E-state index >= 15 is 0 Å². The van der Waals surface area contributed by atoms with Crippen LogP contribution >= 0.6 is 0 Å². The molecule has 5 rings (SSSR count). The Morgan fingerprint density at radius 3 is 2.23 bits per heavy atom. The summed E-state index contributed by atoms with van der Waals surface area (Å²) in [5.74, 6) is 0. The van der Waals surface area contributed by atoms with Crippen LogP contribution in [0.3, 0.4) is 0 Å². The molecule has 0 fully saturated rings. The summed E-state index contributed by atoms with van der Waals surface area (Å²) in [6.45, 7) is 4.60. The van der Waals surface area contributed by atoms with Gasteiger partial charge in [-0.05, 0) is 56.8 Å². The van der Waals surface area contributed by atoms with Crippen molar-refractivity contribution in [2.75, 3.05) is 5.73 Å². The number of benzene rings is 4. The molecule has 4 aromatic rings. The lowest BCUT2D eigenvalue weighted by atomic mass is 9.82. The molecule has 0 aromatic heterocycles. The average molecular weight is 403 g/mol. The Bertz CT molecular complexity index is 1300. The molecule has 3 N–H and O–H groups in total. The Morgan fingerprint density at radius 2 is 1.45 bits per heavy atom. The summed E-state index contributed by atoms with van der Waals surface area (Å²) in [4.78, 5) is 0. The first-order valence-corrected chi connectivity index (χ1v) is 10.7. The molecule has 2 heteroatoms. The van der Waals surface area contributed by atoms with E-state index in [2.05, 4.69) is 80.6 Å². The van der Waals surface area contributed by atoms with E-state index in [1.54, 1.807) is 0 Å². The van der Waals surface area contributed by atoms with Crippen molar-refractivity contribution in [1.29, 1.82) is 5.41 Å². The van der Waals surface area contributed by atoms with Gasteiger partial charge in [0, 0.05) is 23.1 Å². The van der Waals surface area contributed by atoms with Crippen molar-refractivity contribution in [2.45, 2.75) is 25.7 Å². The largest absolute Gasteiger partial charge is 0.398 e. The summed E-state index contributed by atoms with van der Waals surface area (Å²) >= 11 is 0. The molecule has 1 aliphatic carbocycles. The Labute approximate surface area is 183 Å². The van der Waals surface area contributed by atoms with Crippen LogP contribution in [0.15, 0.2) is 84.9 Å². The second kappa shape index (κ2) is 7.24. The predicted molar refractivity (Wildman–Crippen MR) is 132 cm³/mol. The van der Waals surface area contributed by atoms with E-state index in [0.717, 1.165) is 27.9 Å². The fourth-order valence-electron chi connectivity index (χ4n) is 4.99. The van der Waals surface area contributed by atoms with Crippen LogP contribution in [0.25, 0.3) is 33.4 Å². The second-order valence-electron chi connectivity index (χ2n) is 8.77. The zero-order valence-electron chi connectivity index (χ0n) is 17.9. The van der Waals surface area contributed by atoms with Crippen molar-refractivity contribution in [2.24, 2.45) is 0 Å². The molecule has 0 amide bonds. The smallest absolute Gasteiger partial charge is 0.0436 e. The zero-order valence-corrected chi connectivity index (χ0v) is 17.9. The predicted octanol–water partition coefficient (Wildman–Crippen LogP) is 7.10. The average Bonchev–Trinajstić information content (AvgIpc) is 3.02. The highest BCUT2D eigenvalue weighted by atomic mass is 14.6. The highest BCUT2D eigenvalue weighted by Crippen LogP contribution is 2.50. The highest BCUT2D eigenvalue weighted by molar-refractivity contribution is 5.95. The number of hydrogen-bond donors (Lipinski definition) is 2. The molecule has 0 radical (unpaired) electrons. The first-order valence-electron chi connectivity index (χ1n) is 10.7. The van der Waals surface area contributed by atoms with Crippen molar-refractivity contribution in [3.63, 3.8) is 0 Å². The van der Waals surface area contributed by atoms with Crippen LogP contribution in [0.5, 0.6) is 0 Å². The summed E-state index contributed by atoms with van der Waals surface area (Å²) in [7, 11) is 0. The number of nitrogens with two attached hydrogens (primary N) is 1. The van der Waals surface area contributed by atoms with E-state index in [0.29, 0.717) is 6.42 Å². The molecule has 2 nitrogen and oxygen atoms in total. The van der Waals surface area contributed by atoms with Crippen LogP contribution in [-0.4, -0.2) is 6.21 Å². The van der Waals surface area contributed by atoms with Crippen LogP contribution in [0, 0.1) is 5.41 Å². The maximum absolute atomic E-state index is 7.54. The summed E-state index contributed by atoms with van der Waals surface area (Å²) in [5, 5.41) is 7.54. The molecule has 0 atom stereocenters. The lowest BCUT2D eigenvalue weighted by molar-refractivity contribution is 0.660. The summed E-state index contributed by atoms with van der Waals surface area (Å²) in [5.41, 5.74) is 18.2. The first kappa shape index (κ1) is 19.3.